The molecule has 1 aromatic heterocycles. The first-order chi connectivity index (χ1) is 22.8. The molecule has 3 amide bonds. The quantitative estimate of drug-likeness (QED) is 0.306. The summed E-state index contributed by atoms with van der Waals surface area (Å²) in [6.07, 6.45) is 6.73. The number of alkyl carbamates (subject to hydrolysis) is 1. The summed E-state index contributed by atoms with van der Waals surface area (Å²) in [4.78, 5) is 56.0. The van der Waals surface area contributed by atoms with Crippen LogP contribution in [-0.2, 0) is 19.1 Å². The number of carboxylic acid groups (broad SMARTS) is 1. The SMILES string of the molecule is CC(C)(C)OC(=O)N[C@H]1CCCCCC=C[C@@H]2C[C@@]2(C(=O)O)NC(=O)[C@@H]2C[C@@H](n3nnc(-c4ccc(OCCO)c(Br)c4)n3)CN2C1=O. The van der Waals surface area contributed by atoms with Gasteiger partial charge in [-0.15, -0.1) is 10.2 Å². The number of carbonyl (C=O) groups excluding carboxylic acids is 3. The molecule has 2 aliphatic heterocycles. The number of rotatable bonds is 7. The van der Waals surface area contributed by atoms with Crippen LogP contribution in [-0.4, -0.2) is 102 Å². The van der Waals surface area contributed by atoms with E-state index >= 15 is 0 Å². The molecule has 3 heterocycles. The molecule has 3 aliphatic rings. The van der Waals surface area contributed by atoms with Crippen molar-refractivity contribution < 1.29 is 38.9 Å². The molecule has 16 heteroatoms. The highest BCUT2D eigenvalue weighted by Crippen LogP contribution is 2.45. The molecule has 5 rings (SSSR count). The molecule has 1 aliphatic carbocycles. The number of allylic oxidation sites excluding steroid dienone is 1. The minimum absolute atomic E-state index is 0.0280. The van der Waals surface area contributed by atoms with E-state index in [1.54, 1.807) is 39.0 Å². The summed E-state index contributed by atoms with van der Waals surface area (Å²) in [7, 11) is 0. The van der Waals surface area contributed by atoms with Crippen LogP contribution in [0.5, 0.6) is 5.75 Å². The third kappa shape index (κ3) is 8.14. The number of tetrazole rings is 1. The zero-order valence-electron chi connectivity index (χ0n) is 27.2. The number of benzene rings is 1. The Labute approximate surface area is 286 Å². The van der Waals surface area contributed by atoms with E-state index in [-0.39, 0.29) is 38.5 Å². The minimum Gasteiger partial charge on any atom is -0.490 e. The van der Waals surface area contributed by atoms with Crippen molar-refractivity contribution in [1.82, 2.24) is 35.7 Å². The van der Waals surface area contributed by atoms with Gasteiger partial charge in [-0.3, -0.25) is 9.59 Å². The second kappa shape index (κ2) is 14.6. The summed E-state index contributed by atoms with van der Waals surface area (Å²) >= 11 is 3.45. The molecule has 0 unspecified atom stereocenters. The standard InChI is InChI=1S/C32H42BrN7O8/c1-31(2,3)48-30(46)34-23-10-8-6-4-5-7-9-20-17-32(20,29(44)45)35-27(42)24-16-21(18-39(24)28(23)43)40-37-26(36-38-40)19-11-12-25(22(33)15-19)47-14-13-41/h7,9,11-12,15,20-21,23-24,41H,4-6,8,10,13-14,16-18H2,1-3H3,(H,34,46)(H,35,42)(H,44,45)/t20-,21-,23+,24+,32-/m1/s1. The molecule has 0 spiro atoms. The van der Waals surface area contributed by atoms with Gasteiger partial charge in [0.05, 0.1) is 17.1 Å². The number of aliphatic hydroxyl groups excluding tert-OH is 1. The van der Waals surface area contributed by atoms with Crippen molar-refractivity contribution in [3.05, 3.63) is 34.8 Å². The normalized spacial score (nSPS) is 26.4. The smallest absolute Gasteiger partial charge is 0.408 e. The van der Waals surface area contributed by atoms with E-state index < -0.39 is 53.1 Å². The number of nitrogens with zero attached hydrogens (tertiary/aromatic N) is 5. The average Bonchev–Trinajstić information content (AvgIpc) is 3.32. The topological polar surface area (TPSA) is 198 Å². The number of hydrogen-bond acceptors (Lipinski definition) is 10. The number of amides is 3. The van der Waals surface area contributed by atoms with E-state index in [1.165, 1.54) is 9.70 Å². The van der Waals surface area contributed by atoms with Crippen molar-refractivity contribution in [2.75, 3.05) is 19.8 Å². The summed E-state index contributed by atoms with van der Waals surface area (Å²) in [6, 6.07) is 2.61. The van der Waals surface area contributed by atoms with Crippen molar-refractivity contribution >= 4 is 39.8 Å². The molecule has 48 heavy (non-hydrogen) atoms. The maximum Gasteiger partial charge on any atom is 0.408 e. The van der Waals surface area contributed by atoms with E-state index in [0.29, 0.717) is 34.5 Å². The molecule has 1 aromatic carbocycles. The van der Waals surface area contributed by atoms with Gasteiger partial charge in [0.25, 0.3) is 0 Å². The van der Waals surface area contributed by atoms with Crippen LogP contribution in [0.25, 0.3) is 11.4 Å². The first-order valence-corrected chi connectivity index (χ1v) is 17.0. The fourth-order valence-corrected chi connectivity index (χ4v) is 6.60. The Balaban J connectivity index is 1.42. The van der Waals surface area contributed by atoms with Crippen LogP contribution in [0.2, 0.25) is 0 Å². The van der Waals surface area contributed by atoms with Crippen LogP contribution in [0.3, 0.4) is 0 Å². The van der Waals surface area contributed by atoms with Gasteiger partial charge in [0.15, 0.2) is 0 Å². The number of hydrogen-bond donors (Lipinski definition) is 4. The van der Waals surface area contributed by atoms with Crippen molar-refractivity contribution in [3.63, 3.8) is 0 Å². The lowest BCUT2D eigenvalue weighted by atomic mass is 10.0. The van der Waals surface area contributed by atoms with Crippen LogP contribution in [0.15, 0.2) is 34.8 Å². The highest BCUT2D eigenvalue weighted by molar-refractivity contribution is 9.10. The molecule has 1 saturated heterocycles. The lowest BCUT2D eigenvalue weighted by molar-refractivity contribution is -0.145. The predicted molar refractivity (Wildman–Crippen MR) is 175 cm³/mol. The highest BCUT2D eigenvalue weighted by Gasteiger charge is 2.61. The van der Waals surface area contributed by atoms with Gasteiger partial charge in [-0.2, -0.15) is 4.80 Å². The Bertz CT molecular complexity index is 1560. The maximum atomic E-state index is 14.2. The van der Waals surface area contributed by atoms with Crippen molar-refractivity contribution in [1.29, 1.82) is 0 Å². The Morgan fingerprint density at radius 3 is 2.71 bits per heavy atom. The second-order valence-electron chi connectivity index (χ2n) is 13.4. The zero-order chi connectivity index (χ0) is 34.6. The third-order valence-corrected chi connectivity index (χ3v) is 9.24. The molecule has 2 aromatic rings. The van der Waals surface area contributed by atoms with Crippen molar-refractivity contribution in [2.45, 2.75) is 95.0 Å². The molecular weight excluding hydrogens is 690 g/mol. The van der Waals surface area contributed by atoms with Gasteiger partial charge < -0.3 is 35.2 Å². The lowest BCUT2D eigenvalue weighted by Gasteiger charge is -2.30. The monoisotopic (exact) mass is 731 g/mol. The van der Waals surface area contributed by atoms with Gasteiger partial charge in [0.2, 0.25) is 17.6 Å². The summed E-state index contributed by atoms with van der Waals surface area (Å²) in [5, 5.41) is 37.6. The van der Waals surface area contributed by atoms with Crippen LogP contribution in [0.4, 0.5) is 4.79 Å². The fraction of sp³-hybridized carbons (Fsp3) is 0.594. The van der Waals surface area contributed by atoms with Gasteiger partial charge in [0.1, 0.15) is 35.6 Å². The fourth-order valence-electron chi connectivity index (χ4n) is 6.10. The summed E-state index contributed by atoms with van der Waals surface area (Å²) < 4.78 is 11.6. The molecule has 0 bridgehead atoms. The molecule has 260 valence electrons. The number of aromatic nitrogens is 4. The Kier molecular flexibility index (Phi) is 10.7. The van der Waals surface area contributed by atoms with Crippen LogP contribution in [0.1, 0.15) is 71.8 Å². The summed E-state index contributed by atoms with van der Waals surface area (Å²) in [5.41, 5.74) is -1.61. The average molecular weight is 733 g/mol. The van der Waals surface area contributed by atoms with E-state index in [0.717, 1.165) is 19.3 Å². The predicted octanol–water partition coefficient (Wildman–Crippen LogP) is 2.99. The number of aliphatic hydroxyl groups is 1. The lowest BCUT2D eigenvalue weighted by Crippen LogP contribution is -2.56. The van der Waals surface area contributed by atoms with E-state index in [4.69, 9.17) is 14.6 Å². The van der Waals surface area contributed by atoms with Gasteiger partial charge in [-0.05, 0) is 85.8 Å². The van der Waals surface area contributed by atoms with Gasteiger partial charge in [0, 0.05) is 24.4 Å². The zero-order valence-corrected chi connectivity index (χ0v) is 28.8. The highest BCUT2D eigenvalue weighted by atomic mass is 79.9. The Morgan fingerprint density at radius 1 is 1.21 bits per heavy atom. The third-order valence-electron chi connectivity index (χ3n) is 8.62. The second-order valence-corrected chi connectivity index (χ2v) is 14.2. The van der Waals surface area contributed by atoms with Crippen molar-refractivity contribution in [2.24, 2.45) is 5.92 Å². The molecule has 0 radical (unpaired) electrons. The number of halogens is 1. The minimum atomic E-state index is -1.45. The summed E-state index contributed by atoms with van der Waals surface area (Å²) in [5.74, 6) is -1.73. The number of nitrogens with one attached hydrogen (secondary N) is 2. The molecule has 2 fully saturated rings. The number of ether oxygens (including phenoxy) is 2. The largest absolute Gasteiger partial charge is 0.490 e. The van der Waals surface area contributed by atoms with Crippen LogP contribution >= 0.6 is 15.9 Å². The molecule has 4 N–H and O–H groups in total. The molecule has 5 atom stereocenters. The van der Waals surface area contributed by atoms with Crippen molar-refractivity contribution in [3.8, 4) is 17.1 Å². The van der Waals surface area contributed by atoms with Crippen LogP contribution in [0, 0.1) is 5.92 Å². The summed E-state index contributed by atoms with van der Waals surface area (Å²) in [6.45, 7) is 5.22. The first kappa shape index (κ1) is 35.3. The van der Waals surface area contributed by atoms with Crippen LogP contribution < -0.4 is 15.4 Å². The first-order valence-electron chi connectivity index (χ1n) is 16.2. The number of carbonyl (C=O) groups is 4. The van der Waals surface area contributed by atoms with Gasteiger partial charge in [-0.1, -0.05) is 25.0 Å². The van der Waals surface area contributed by atoms with Gasteiger partial charge in [-0.25, -0.2) is 9.59 Å². The van der Waals surface area contributed by atoms with Gasteiger partial charge >= 0.3 is 12.1 Å². The van der Waals surface area contributed by atoms with E-state index in [2.05, 4.69) is 42.0 Å². The number of aliphatic carboxylic acids is 1. The Hall–Kier alpha value is -4.05. The van der Waals surface area contributed by atoms with E-state index in [1.807, 2.05) is 12.2 Å². The Morgan fingerprint density at radius 2 is 2.00 bits per heavy atom. The number of fused-ring (bicyclic) bond motifs is 2. The molecule has 1 saturated carbocycles. The van der Waals surface area contributed by atoms with E-state index in [9.17, 15) is 24.3 Å². The molecular formula is C32H42BrN7O8. The molecule has 15 nitrogen and oxygen atoms in total. The maximum absolute atomic E-state index is 14.2. The number of carboxylic acids is 1.